The Morgan fingerprint density at radius 2 is 0.765 bits per heavy atom. The number of nitrogens with one attached hydrogen (secondary N) is 1. The maximum Gasteiger partial charge on any atom is 0.305 e. The molecule has 0 rings (SSSR count). The molecule has 6 heteroatoms. The molecule has 0 aliphatic heterocycles. The van der Waals surface area contributed by atoms with E-state index in [4.69, 9.17) is 4.74 Å². The number of carbonyl (C=O) groups is 2. The van der Waals surface area contributed by atoms with Crippen LogP contribution in [0, 0.1) is 0 Å². The summed E-state index contributed by atoms with van der Waals surface area (Å²) >= 11 is 0. The van der Waals surface area contributed by atoms with Crippen LogP contribution in [0.2, 0.25) is 0 Å². The Morgan fingerprint density at radius 3 is 1.19 bits per heavy atom. The number of rotatable bonds is 56. The van der Waals surface area contributed by atoms with E-state index in [9.17, 15) is 19.8 Å². The van der Waals surface area contributed by atoms with E-state index >= 15 is 0 Å². The molecular formula is C62H117NO5. The molecule has 0 aliphatic rings. The second-order valence-corrected chi connectivity index (χ2v) is 20.7. The first-order chi connectivity index (χ1) is 33.5. The molecule has 2 atom stereocenters. The van der Waals surface area contributed by atoms with Gasteiger partial charge in [-0.2, -0.15) is 0 Å². The Labute approximate surface area is 424 Å². The van der Waals surface area contributed by atoms with E-state index in [1.54, 1.807) is 0 Å². The van der Waals surface area contributed by atoms with Crippen molar-refractivity contribution in [2.24, 2.45) is 0 Å². The molecule has 0 radical (unpaired) electrons. The van der Waals surface area contributed by atoms with Gasteiger partial charge in [0.1, 0.15) is 0 Å². The third-order valence-electron chi connectivity index (χ3n) is 13.9. The average Bonchev–Trinajstić information content (AvgIpc) is 3.34. The third kappa shape index (κ3) is 53.4. The summed E-state index contributed by atoms with van der Waals surface area (Å²) in [7, 11) is 0. The van der Waals surface area contributed by atoms with Crippen molar-refractivity contribution in [1.82, 2.24) is 5.32 Å². The molecule has 0 aromatic rings. The van der Waals surface area contributed by atoms with Crippen molar-refractivity contribution < 1.29 is 24.5 Å². The molecule has 2 unspecified atom stereocenters. The standard InChI is InChI=1S/C62H117NO5/c1-3-5-7-9-11-13-15-17-18-24-27-31-34-38-42-46-50-54-60(65)59(58-64)63-61(66)55-51-47-43-39-35-32-28-25-22-20-19-21-23-26-29-33-37-41-45-49-53-57-68-62(67)56-52-48-44-40-36-30-16-14-12-10-8-6-4-2/h8,10,14,16,20,22,59-60,64-65H,3-7,9,11-13,15,17-19,21,23-58H2,1-2H3,(H,63,66)/b10-8-,16-14-,22-20-. The highest BCUT2D eigenvalue weighted by Gasteiger charge is 2.20. The van der Waals surface area contributed by atoms with Crippen molar-refractivity contribution in [2.75, 3.05) is 13.2 Å². The van der Waals surface area contributed by atoms with E-state index in [-0.39, 0.29) is 18.5 Å². The van der Waals surface area contributed by atoms with Crippen molar-refractivity contribution in [3.8, 4) is 0 Å². The molecule has 400 valence electrons. The monoisotopic (exact) mass is 956 g/mol. The van der Waals surface area contributed by atoms with E-state index in [2.05, 4.69) is 55.6 Å². The molecule has 0 saturated carbocycles. The molecule has 6 nitrogen and oxygen atoms in total. The van der Waals surface area contributed by atoms with Crippen LogP contribution in [0.25, 0.3) is 0 Å². The number of hydrogen-bond donors (Lipinski definition) is 3. The second kappa shape index (κ2) is 57.7. The minimum absolute atomic E-state index is 0.00713. The Hall–Kier alpha value is -1.92. The maximum absolute atomic E-state index is 12.5. The summed E-state index contributed by atoms with van der Waals surface area (Å²) in [4.78, 5) is 24.5. The van der Waals surface area contributed by atoms with Crippen LogP contribution < -0.4 is 5.32 Å². The van der Waals surface area contributed by atoms with Gasteiger partial charge in [-0.05, 0) is 77.0 Å². The number of ether oxygens (including phenoxy) is 1. The van der Waals surface area contributed by atoms with Gasteiger partial charge in [0, 0.05) is 12.8 Å². The van der Waals surface area contributed by atoms with Crippen LogP contribution in [0.15, 0.2) is 36.5 Å². The van der Waals surface area contributed by atoms with Gasteiger partial charge in [0.2, 0.25) is 5.91 Å². The Morgan fingerprint density at radius 1 is 0.412 bits per heavy atom. The number of unbranched alkanes of at least 4 members (excludes halogenated alkanes) is 39. The van der Waals surface area contributed by atoms with Crippen molar-refractivity contribution >= 4 is 11.9 Å². The zero-order valence-corrected chi connectivity index (χ0v) is 45.6. The summed E-state index contributed by atoms with van der Waals surface area (Å²) < 4.78 is 5.46. The first-order valence-electron chi connectivity index (χ1n) is 30.2. The lowest BCUT2D eigenvalue weighted by atomic mass is 10.0. The van der Waals surface area contributed by atoms with Crippen LogP contribution >= 0.6 is 0 Å². The largest absolute Gasteiger partial charge is 0.466 e. The minimum atomic E-state index is -0.670. The topological polar surface area (TPSA) is 95.9 Å². The number of esters is 1. The van der Waals surface area contributed by atoms with Gasteiger partial charge in [0.15, 0.2) is 0 Å². The lowest BCUT2D eigenvalue weighted by molar-refractivity contribution is -0.143. The summed E-state index contributed by atoms with van der Waals surface area (Å²) in [5.41, 5.74) is 0. The van der Waals surface area contributed by atoms with Crippen LogP contribution in [0.3, 0.4) is 0 Å². The molecule has 3 N–H and O–H groups in total. The third-order valence-corrected chi connectivity index (χ3v) is 13.9. The van der Waals surface area contributed by atoms with Crippen LogP contribution in [-0.4, -0.2) is 47.4 Å². The predicted molar refractivity (Wildman–Crippen MR) is 296 cm³/mol. The minimum Gasteiger partial charge on any atom is -0.466 e. The Kier molecular flexibility index (Phi) is 56.0. The van der Waals surface area contributed by atoms with Crippen LogP contribution in [0.5, 0.6) is 0 Å². The summed E-state index contributed by atoms with van der Waals surface area (Å²) in [5, 5.41) is 23.3. The van der Waals surface area contributed by atoms with E-state index in [0.717, 1.165) is 51.4 Å². The van der Waals surface area contributed by atoms with Gasteiger partial charge in [-0.3, -0.25) is 9.59 Å². The summed E-state index contributed by atoms with van der Waals surface area (Å²) in [6, 6.07) is -0.548. The van der Waals surface area contributed by atoms with Gasteiger partial charge in [0.05, 0.1) is 25.4 Å². The molecule has 0 bridgehead atoms. The molecular weight excluding hydrogens is 839 g/mol. The summed E-state index contributed by atoms with van der Waals surface area (Å²) in [6.07, 6.45) is 71.4. The zero-order valence-electron chi connectivity index (χ0n) is 45.6. The molecule has 0 aliphatic carbocycles. The van der Waals surface area contributed by atoms with E-state index in [0.29, 0.717) is 25.9 Å². The highest BCUT2D eigenvalue weighted by atomic mass is 16.5. The molecule has 0 spiro atoms. The molecule has 0 aromatic carbocycles. The fourth-order valence-corrected chi connectivity index (χ4v) is 9.26. The number of aliphatic hydroxyl groups excluding tert-OH is 2. The number of carbonyl (C=O) groups excluding carboxylic acids is 2. The van der Waals surface area contributed by atoms with Crippen molar-refractivity contribution in [3.63, 3.8) is 0 Å². The van der Waals surface area contributed by atoms with E-state index in [1.165, 1.54) is 238 Å². The molecule has 68 heavy (non-hydrogen) atoms. The number of aliphatic hydroxyl groups is 2. The molecule has 1 amide bonds. The zero-order chi connectivity index (χ0) is 49.3. The number of amides is 1. The molecule has 0 aromatic heterocycles. The Bertz CT molecular complexity index is 1100. The maximum atomic E-state index is 12.5. The van der Waals surface area contributed by atoms with E-state index < -0.39 is 12.1 Å². The molecule has 0 fully saturated rings. The lowest BCUT2D eigenvalue weighted by Gasteiger charge is -2.22. The normalized spacial score (nSPS) is 12.8. The van der Waals surface area contributed by atoms with Crippen LogP contribution in [0.4, 0.5) is 0 Å². The molecule has 0 saturated heterocycles. The van der Waals surface area contributed by atoms with Crippen LogP contribution in [-0.2, 0) is 14.3 Å². The van der Waals surface area contributed by atoms with E-state index in [1.807, 2.05) is 0 Å². The summed E-state index contributed by atoms with van der Waals surface area (Å²) in [5.74, 6) is -0.0484. The first kappa shape index (κ1) is 66.1. The van der Waals surface area contributed by atoms with Gasteiger partial charge in [-0.1, -0.05) is 269 Å². The fourth-order valence-electron chi connectivity index (χ4n) is 9.26. The lowest BCUT2D eigenvalue weighted by Crippen LogP contribution is -2.45. The predicted octanol–water partition coefficient (Wildman–Crippen LogP) is 18.8. The van der Waals surface area contributed by atoms with Gasteiger partial charge >= 0.3 is 5.97 Å². The SMILES string of the molecule is CCC/C=C\C/C=C\CCCCCCCC(=O)OCCCCCCCCCCCC/C=C\CCCCCCCCCC(=O)NC(CO)C(O)CCCCCCCCCCCCCCCCCCC. The molecule has 0 heterocycles. The number of hydrogen-bond acceptors (Lipinski definition) is 5. The quantitative estimate of drug-likeness (QED) is 0.0321. The van der Waals surface area contributed by atoms with Gasteiger partial charge in [-0.25, -0.2) is 0 Å². The fraction of sp³-hybridized carbons (Fsp3) is 0.871. The highest BCUT2D eigenvalue weighted by molar-refractivity contribution is 5.76. The van der Waals surface area contributed by atoms with Gasteiger partial charge in [0.25, 0.3) is 0 Å². The van der Waals surface area contributed by atoms with Crippen LogP contribution in [0.1, 0.15) is 322 Å². The average molecular weight is 957 g/mol. The van der Waals surface area contributed by atoms with Gasteiger partial charge in [-0.15, -0.1) is 0 Å². The second-order valence-electron chi connectivity index (χ2n) is 20.7. The first-order valence-corrected chi connectivity index (χ1v) is 30.2. The smallest absolute Gasteiger partial charge is 0.305 e. The van der Waals surface area contributed by atoms with Gasteiger partial charge < -0.3 is 20.3 Å². The number of allylic oxidation sites excluding steroid dienone is 6. The van der Waals surface area contributed by atoms with Crippen molar-refractivity contribution in [3.05, 3.63) is 36.5 Å². The highest BCUT2D eigenvalue weighted by Crippen LogP contribution is 2.17. The van der Waals surface area contributed by atoms with Crippen molar-refractivity contribution in [2.45, 2.75) is 334 Å². The van der Waals surface area contributed by atoms with Crippen molar-refractivity contribution in [1.29, 1.82) is 0 Å². The summed E-state index contributed by atoms with van der Waals surface area (Å²) in [6.45, 7) is 4.89. The Balaban J connectivity index is 3.44.